The average molecular weight is 408 g/mol. The van der Waals surface area contributed by atoms with Gasteiger partial charge in [-0.05, 0) is 48.9 Å². The predicted octanol–water partition coefficient (Wildman–Crippen LogP) is 3.01. The minimum atomic E-state index is -0.713. The van der Waals surface area contributed by atoms with Crippen LogP contribution in [0.2, 0.25) is 5.02 Å². The number of aromatic nitrogens is 2. The number of hydrogen-bond acceptors (Lipinski definition) is 5. The molecule has 2 heterocycles. The van der Waals surface area contributed by atoms with Crippen molar-refractivity contribution in [1.82, 2.24) is 15.3 Å². The Hall–Kier alpha value is -3.40. The van der Waals surface area contributed by atoms with Crippen molar-refractivity contribution in [3.63, 3.8) is 0 Å². The molecule has 0 radical (unpaired) electrons. The second-order valence-electron chi connectivity index (χ2n) is 6.21. The Bertz CT molecular complexity index is 1090. The molecule has 0 saturated carbocycles. The maximum Gasteiger partial charge on any atom is 0.270 e. The van der Waals surface area contributed by atoms with Crippen molar-refractivity contribution >= 4 is 17.5 Å². The lowest BCUT2D eigenvalue weighted by Crippen LogP contribution is -2.30. The average Bonchev–Trinajstić information content (AvgIpc) is 2.71. The Kier molecular flexibility index (Phi) is 6.45. The molecule has 3 aromatic rings. The van der Waals surface area contributed by atoms with Gasteiger partial charge in [-0.15, -0.1) is 0 Å². The SMILES string of the molecule is Cc1cc(C#CCO)cc(C(=O)NC(c2ccc(Cl)cc2)c2ncccc2O)n1. The van der Waals surface area contributed by atoms with E-state index < -0.39 is 11.9 Å². The first-order chi connectivity index (χ1) is 14.0. The number of amides is 1. The summed E-state index contributed by atoms with van der Waals surface area (Å²) in [5, 5.41) is 22.6. The van der Waals surface area contributed by atoms with E-state index in [4.69, 9.17) is 16.7 Å². The number of nitrogens with zero attached hydrogens (tertiary/aromatic N) is 2. The highest BCUT2D eigenvalue weighted by Crippen LogP contribution is 2.28. The molecule has 0 aliphatic carbocycles. The molecule has 1 atom stereocenters. The minimum absolute atomic E-state index is 0.0422. The summed E-state index contributed by atoms with van der Waals surface area (Å²) in [5.74, 6) is 4.83. The monoisotopic (exact) mass is 407 g/mol. The van der Waals surface area contributed by atoms with Gasteiger partial charge in [0.2, 0.25) is 0 Å². The second-order valence-corrected chi connectivity index (χ2v) is 6.64. The summed E-state index contributed by atoms with van der Waals surface area (Å²) in [6.07, 6.45) is 1.54. The Labute approximate surface area is 173 Å². The third-order valence-corrected chi connectivity index (χ3v) is 4.32. The molecule has 146 valence electrons. The summed E-state index contributed by atoms with van der Waals surface area (Å²) in [5.41, 5.74) is 2.35. The summed E-state index contributed by atoms with van der Waals surface area (Å²) < 4.78 is 0. The number of benzene rings is 1. The van der Waals surface area contributed by atoms with E-state index in [2.05, 4.69) is 27.1 Å². The maximum absolute atomic E-state index is 13.0. The van der Waals surface area contributed by atoms with Gasteiger partial charge in [0.25, 0.3) is 5.91 Å². The molecule has 1 aromatic carbocycles. The van der Waals surface area contributed by atoms with E-state index in [1.165, 1.54) is 12.3 Å². The number of pyridine rings is 2. The van der Waals surface area contributed by atoms with Gasteiger partial charge in [0.1, 0.15) is 29.8 Å². The normalized spacial score (nSPS) is 11.3. The van der Waals surface area contributed by atoms with Gasteiger partial charge in [-0.3, -0.25) is 9.78 Å². The summed E-state index contributed by atoms with van der Waals surface area (Å²) in [4.78, 5) is 21.5. The molecule has 0 spiro atoms. The number of aryl methyl sites for hydroxylation is 1. The van der Waals surface area contributed by atoms with E-state index in [1.807, 2.05) is 0 Å². The van der Waals surface area contributed by atoms with Gasteiger partial charge >= 0.3 is 0 Å². The lowest BCUT2D eigenvalue weighted by Gasteiger charge is -2.20. The van der Waals surface area contributed by atoms with Crippen LogP contribution in [0.5, 0.6) is 5.75 Å². The number of hydrogen-bond donors (Lipinski definition) is 3. The van der Waals surface area contributed by atoms with Gasteiger partial charge in [-0.25, -0.2) is 4.98 Å². The number of halogens is 1. The van der Waals surface area contributed by atoms with Crippen molar-refractivity contribution in [2.24, 2.45) is 0 Å². The number of nitrogens with one attached hydrogen (secondary N) is 1. The van der Waals surface area contributed by atoms with Gasteiger partial charge in [-0.1, -0.05) is 35.6 Å². The molecule has 3 rings (SSSR count). The lowest BCUT2D eigenvalue weighted by molar-refractivity contribution is 0.0936. The standard InChI is InChI=1S/C22H18ClN3O3/c1-14-12-15(4-3-11-27)13-18(25-14)22(29)26-20(16-6-8-17(23)9-7-16)21-19(28)5-2-10-24-21/h2,5-10,12-13,20,27-28H,11H2,1H3,(H,26,29). The van der Waals surface area contributed by atoms with Crippen LogP contribution in [0.15, 0.2) is 54.7 Å². The molecular formula is C22H18ClN3O3. The van der Waals surface area contributed by atoms with Crippen LogP contribution in [0.3, 0.4) is 0 Å². The first-order valence-electron chi connectivity index (χ1n) is 8.76. The second kappa shape index (κ2) is 9.20. The van der Waals surface area contributed by atoms with E-state index in [0.717, 1.165) is 0 Å². The largest absolute Gasteiger partial charge is 0.506 e. The molecule has 2 aromatic heterocycles. The number of aromatic hydroxyl groups is 1. The number of aliphatic hydroxyl groups excluding tert-OH is 1. The zero-order valence-corrected chi connectivity index (χ0v) is 16.3. The van der Waals surface area contributed by atoms with Gasteiger partial charge in [0.05, 0.1) is 0 Å². The van der Waals surface area contributed by atoms with Gasteiger partial charge < -0.3 is 15.5 Å². The highest BCUT2D eigenvalue weighted by molar-refractivity contribution is 6.30. The summed E-state index contributed by atoms with van der Waals surface area (Å²) in [7, 11) is 0. The predicted molar refractivity (Wildman–Crippen MR) is 110 cm³/mol. The Balaban J connectivity index is 1.98. The molecule has 1 amide bonds. The lowest BCUT2D eigenvalue weighted by atomic mass is 10.0. The third-order valence-electron chi connectivity index (χ3n) is 4.07. The summed E-state index contributed by atoms with van der Waals surface area (Å²) >= 11 is 5.98. The van der Waals surface area contributed by atoms with Crippen LogP contribution < -0.4 is 5.32 Å². The quantitative estimate of drug-likeness (QED) is 0.578. The van der Waals surface area contributed by atoms with Crippen LogP contribution in [0.4, 0.5) is 0 Å². The summed E-state index contributed by atoms with van der Waals surface area (Å²) in [6, 6.07) is 12.6. The fraction of sp³-hybridized carbons (Fsp3) is 0.136. The Morgan fingerprint density at radius 2 is 2.00 bits per heavy atom. The third kappa shape index (κ3) is 5.11. The molecule has 0 fully saturated rings. The van der Waals surface area contributed by atoms with E-state index in [-0.39, 0.29) is 18.1 Å². The zero-order valence-electron chi connectivity index (χ0n) is 15.6. The van der Waals surface area contributed by atoms with Crippen LogP contribution in [0.1, 0.15) is 39.0 Å². The smallest absolute Gasteiger partial charge is 0.270 e. The van der Waals surface area contributed by atoms with E-state index in [0.29, 0.717) is 27.5 Å². The Morgan fingerprint density at radius 1 is 1.24 bits per heavy atom. The Morgan fingerprint density at radius 3 is 2.69 bits per heavy atom. The molecule has 0 aliphatic rings. The fourth-order valence-corrected chi connectivity index (χ4v) is 2.93. The number of carbonyl (C=O) groups is 1. The molecular weight excluding hydrogens is 390 g/mol. The van der Waals surface area contributed by atoms with Crippen molar-refractivity contribution in [3.05, 3.63) is 88.0 Å². The highest BCUT2D eigenvalue weighted by atomic mass is 35.5. The number of carbonyl (C=O) groups excluding carboxylic acids is 1. The molecule has 0 saturated heterocycles. The molecule has 0 aliphatic heterocycles. The van der Waals surface area contributed by atoms with Crippen LogP contribution in [-0.2, 0) is 0 Å². The van der Waals surface area contributed by atoms with E-state index >= 15 is 0 Å². The molecule has 6 nitrogen and oxygen atoms in total. The minimum Gasteiger partial charge on any atom is -0.506 e. The van der Waals surface area contributed by atoms with Crippen LogP contribution in [0.25, 0.3) is 0 Å². The van der Waals surface area contributed by atoms with Crippen molar-refractivity contribution in [2.75, 3.05) is 6.61 Å². The number of rotatable bonds is 4. The van der Waals surface area contributed by atoms with Gasteiger partial charge in [0.15, 0.2) is 0 Å². The van der Waals surface area contributed by atoms with E-state index in [9.17, 15) is 9.90 Å². The molecule has 3 N–H and O–H groups in total. The molecule has 29 heavy (non-hydrogen) atoms. The van der Waals surface area contributed by atoms with Crippen molar-refractivity contribution in [3.8, 4) is 17.6 Å². The van der Waals surface area contributed by atoms with Crippen molar-refractivity contribution < 1.29 is 15.0 Å². The fourth-order valence-electron chi connectivity index (χ4n) is 2.80. The molecule has 1 unspecified atom stereocenters. The van der Waals surface area contributed by atoms with Gasteiger partial charge in [0, 0.05) is 22.5 Å². The molecule has 7 heteroatoms. The van der Waals surface area contributed by atoms with Crippen LogP contribution >= 0.6 is 11.6 Å². The summed E-state index contributed by atoms with van der Waals surface area (Å²) in [6.45, 7) is 1.47. The first kappa shape index (κ1) is 20.3. The topological polar surface area (TPSA) is 95.3 Å². The highest BCUT2D eigenvalue weighted by Gasteiger charge is 2.23. The van der Waals surface area contributed by atoms with E-state index in [1.54, 1.807) is 49.4 Å². The van der Waals surface area contributed by atoms with Gasteiger partial charge in [-0.2, -0.15) is 0 Å². The maximum atomic E-state index is 13.0. The van der Waals surface area contributed by atoms with Crippen molar-refractivity contribution in [1.29, 1.82) is 0 Å². The molecule has 0 bridgehead atoms. The first-order valence-corrected chi connectivity index (χ1v) is 9.14. The number of aliphatic hydroxyl groups is 1. The van der Waals surface area contributed by atoms with Crippen LogP contribution in [-0.4, -0.2) is 32.7 Å². The van der Waals surface area contributed by atoms with Crippen molar-refractivity contribution in [2.45, 2.75) is 13.0 Å². The zero-order chi connectivity index (χ0) is 20.8. The van der Waals surface area contributed by atoms with Crippen LogP contribution in [0, 0.1) is 18.8 Å².